The van der Waals surface area contributed by atoms with E-state index in [1.807, 2.05) is 18.7 Å². The van der Waals surface area contributed by atoms with E-state index >= 15 is 0 Å². The van der Waals surface area contributed by atoms with E-state index in [9.17, 15) is 38.4 Å². The summed E-state index contributed by atoms with van der Waals surface area (Å²) in [6.45, 7) is 10.7. The van der Waals surface area contributed by atoms with Crippen molar-refractivity contribution < 1.29 is 43.1 Å². The molecular formula is C52H72N12O9. The molecule has 0 aliphatic carbocycles. The monoisotopic (exact) mass is 1010 g/mol. The van der Waals surface area contributed by atoms with Crippen molar-refractivity contribution in [2.24, 2.45) is 22.4 Å². The lowest BCUT2D eigenvalue weighted by molar-refractivity contribution is -0.132. The highest BCUT2D eigenvalue weighted by molar-refractivity contribution is 6.08. The van der Waals surface area contributed by atoms with Crippen molar-refractivity contribution in [2.75, 3.05) is 36.8 Å². The Morgan fingerprint density at radius 2 is 1.49 bits per heavy atom. The van der Waals surface area contributed by atoms with Crippen LogP contribution in [-0.4, -0.2) is 102 Å². The molecule has 73 heavy (non-hydrogen) atoms. The zero-order valence-corrected chi connectivity index (χ0v) is 42.6. The first-order chi connectivity index (χ1) is 35.0. The number of amidine groups is 1. The van der Waals surface area contributed by atoms with Crippen molar-refractivity contribution >= 4 is 76.5 Å². The molecule has 9 amide bonds. The minimum atomic E-state index is -1.02. The van der Waals surface area contributed by atoms with E-state index in [4.69, 9.17) is 16.2 Å². The number of fused-ring (bicyclic) bond motifs is 1. The molecule has 4 rings (SSSR count). The standard InChI is InChI=1S/C52H72N12O9/c1-6-9-10-11-14-44(65)63-46(33(4)5)49(69)62-41(13-12-21-56-51(54)71)48(68)59-39-19-15-34(16-20-39)32-73-52(72)58-31-45(66)57-29-35-24-40(30-55-28-35)60-47(67)37-18-17-36-25-38(27-43(53)61-42(36)26-37)50(70)64(22-7-2)23-8-3/h15-20,24-26,28,30,33,41,46H,6-14,21-23,27,29,31-32H2,1-5H3,(H2,53,61)(H,57,66)(H,58,72)(H,59,68)(H,60,67)(H,62,69)(H,63,65)(H3,54,56,71)/t41-,46?/m0/s1. The largest absolute Gasteiger partial charge is 0.445 e. The van der Waals surface area contributed by atoms with Crippen molar-refractivity contribution in [3.8, 4) is 0 Å². The second-order valence-electron chi connectivity index (χ2n) is 18.0. The summed E-state index contributed by atoms with van der Waals surface area (Å²) in [5, 5.41) is 18.7. The van der Waals surface area contributed by atoms with Gasteiger partial charge in [0, 0.05) is 67.6 Å². The van der Waals surface area contributed by atoms with E-state index in [-0.39, 0.29) is 62.7 Å². The van der Waals surface area contributed by atoms with Crippen molar-refractivity contribution in [1.29, 1.82) is 0 Å². The van der Waals surface area contributed by atoms with E-state index in [2.05, 4.69) is 54.1 Å². The van der Waals surface area contributed by atoms with Gasteiger partial charge in [0.25, 0.3) is 5.91 Å². The van der Waals surface area contributed by atoms with Crippen LogP contribution in [0.15, 0.2) is 71.5 Å². The molecule has 3 aromatic rings. The zero-order valence-electron chi connectivity index (χ0n) is 42.6. The molecule has 2 heterocycles. The number of alkyl carbamates (subject to hydrolysis) is 1. The van der Waals surface area contributed by atoms with E-state index in [0.717, 1.165) is 32.1 Å². The third kappa shape index (κ3) is 20.1. The van der Waals surface area contributed by atoms with Gasteiger partial charge in [-0.15, -0.1) is 0 Å². The van der Waals surface area contributed by atoms with Gasteiger partial charge in [-0.25, -0.2) is 14.6 Å². The summed E-state index contributed by atoms with van der Waals surface area (Å²) in [6.07, 6.45) is 10.2. The number of nitrogens with one attached hydrogen (secondary N) is 7. The predicted octanol–water partition coefficient (Wildman–Crippen LogP) is 5.28. The van der Waals surface area contributed by atoms with Crippen LogP contribution in [0.2, 0.25) is 0 Å². The molecule has 0 spiro atoms. The number of amides is 9. The van der Waals surface area contributed by atoms with Crippen LogP contribution < -0.4 is 48.7 Å². The molecule has 1 aliphatic heterocycles. The number of pyridine rings is 1. The van der Waals surface area contributed by atoms with Gasteiger partial charge in [0.1, 0.15) is 31.1 Å². The lowest BCUT2D eigenvalue weighted by Crippen LogP contribution is -2.54. The molecule has 2 aromatic carbocycles. The highest BCUT2D eigenvalue weighted by Crippen LogP contribution is 2.29. The van der Waals surface area contributed by atoms with E-state index in [1.54, 1.807) is 68.5 Å². The molecule has 2 atom stereocenters. The number of rotatable bonds is 28. The lowest BCUT2D eigenvalue weighted by atomic mass is 10.0. The molecule has 0 saturated heterocycles. The van der Waals surface area contributed by atoms with Crippen LogP contribution in [0, 0.1) is 5.92 Å². The van der Waals surface area contributed by atoms with E-state index < -0.39 is 47.8 Å². The molecule has 394 valence electrons. The molecule has 0 radical (unpaired) electrons. The number of ether oxygens (including phenoxy) is 1. The Hall–Kier alpha value is -7.84. The molecule has 0 saturated carbocycles. The van der Waals surface area contributed by atoms with Crippen LogP contribution >= 0.6 is 0 Å². The fourth-order valence-electron chi connectivity index (χ4n) is 7.65. The van der Waals surface area contributed by atoms with E-state index in [1.165, 1.54) is 12.4 Å². The van der Waals surface area contributed by atoms with Crippen LogP contribution in [0.5, 0.6) is 0 Å². The number of primary amides is 1. The Morgan fingerprint density at radius 1 is 0.753 bits per heavy atom. The van der Waals surface area contributed by atoms with Crippen molar-refractivity contribution in [3.05, 3.63) is 88.8 Å². The molecule has 0 fully saturated rings. The second-order valence-corrected chi connectivity index (χ2v) is 18.0. The van der Waals surface area contributed by atoms with Crippen molar-refractivity contribution in [3.63, 3.8) is 0 Å². The fraction of sp³-hybridized carbons (Fsp3) is 0.462. The van der Waals surface area contributed by atoms with Crippen molar-refractivity contribution in [1.82, 2.24) is 36.5 Å². The summed E-state index contributed by atoms with van der Waals surface area (Å²) < 4.78 is 5.27. The lowest BCUT2D eigenvalue weighted by Gasteiger charge is -2.25. The Morgan fingerprint density at radius 3 is 2.18 bits per heavy atom. The van der Waals surface area contributed by atoms with Gasteiger partial charge >= 0.3 is 12.1 Å². The minimum Gasteiger partial charge on any atom is -0.445 e. The number of hydrogen-bond acceptors (Lipinski definition) is 12. The highest BCUT2D eigenvalue weighted by Gasteiger charge is 2.29. The Kier molecular flexibility index (Phi) is 23.8. The van der Waals surface area contributed by atoms with Gasteiger partial charge < -0.3 is 58.3 Å². The number of nitrogens with zero attached hydrogens (tertiary/aromatic N) is 3. The second kappa shape index (κ2) is 30.1. The van der Waals surface area contributed by atoms with Crippen LogP contribution in [-0.2, 0) is 41.9 Å². The first kappa shape index (κ1) is 57.7. The average molecular weight is 1010 g/mol. The number of benzene rings is 2. The summed E-state index contributed by atoms with van der Waals surface area (Å²) in [6, 6.07) is 10.4. The normalized spacial score (nSPS) is 12.6. The number of aromatic nitrogens is 1. The van der Waals surface area contributed by atoms with Gasteiger partial charge in [0.2, 0.25) is 29.5 Å². The SMILES string of the molecule is CCCCCCC(=O)NC(C(=O)N[C@@H](CCCNC(N)=O)C(=O)Nc1ccc(COC(=O)NCC(=O)NCc2cncc(NC(=O)c3ccc4c(c3)N=C(N)CC(C(=O)N(CCC)CCC)=C4)c2)cc1)C(C)C. The maximum absolute atomic E-state index is 13.5. The third-order valence-corrected chi connectivity index (χ3v) is 11.5. The highest BCUT2D eigenvalue weighted by atomic mass is 16.5. The maximum atomic E-state index is 13.5. The minimum absolute atomic E-state index is 0.0406. The summed E-state index contributed by atoms with van der Waals surface area (Å²) in [7, 11) is 0. The number of anilines is 2. The van der Waals surface area contributed by atoms with Gasteiger partial charge in [-0.1, -0.05) is 72.1 Å². The quantitative estimate of drug-likeness (QED) is 0.0421. The third-order valence-electron chi connectivity index (χ3n) is 11.5. The molecule has 11 N–H and O–H groups in total. The molecular weight excluding hydrogens is 937 g/mol. The molecule has 0 bridgehead atoms. The first-order valence-electron chi connectivity index (χ1n) is 24.9. The smallest absolute Gasteiger partial charge is 0.407 e. The molecule has 1 unspecified atom stereocenters. The molecule has 21 nitrogen and oxygen atoms in total. The first-order valence-corrected chi connectivity index (χ1v) is 24.9. The number of carbonyl (C=O) groups excluding carboxylic acids is 8. The number of unbranched alkanes of at least 4 members (excludes halogenated alkanes) is 3. The fourth-order valence-corrected chi connectivity index (χ4v) is 7.65. The van der Waals surface area contributed by atoms with Gasteiger partial charge in [-0.3, -0.25) is 33.8 Å². The zero-order chi connectivity index (χ0) is 53.3. The maximum Gasteiger partial charge on any atom is 0.407 e. The Bertz CT molecular complexity index is 2450. The number of urea groups is 1. The number of carbonyl (C=O) groups is 8. The summed E-state index contributed by atoms with van der Waals surface area (Å²) in [5.74, 6) is -2.31. The number of aliphatic imine (C=N–C) groups is 1. The van der Waals surface area contributed by atoms with Crippen LogP contribution in [0.4, 0.5) is 26.7 Å². The van der Waals surface area contributed by atoms with Gasteiger partial charge in [0.05, 0.1) is 17.6 Å². The van der Waals surface area contributed by atoms with Crippen LogP contribution in [0.25, 0.3) is 6.08 Å². The van der Waals surface area contributed by atoms with Crippen LogP contribution in [0.3, 0.4) is 0 Å². The average Bonchev–Trinajstić information content (AvgIpc) is 3.53. The van der Waals surface area contributed by atoms with Crippen molar-refractivity contribution in [2.45, 2.75) is 124 Å². The Labute approximate surface area is 426 Å². The summed E-state index contributed by atoms with van der Waals surface area (Å²) in [5.41, 5.74) is 15.3. The Balaban J connectivity index is 1.23. The molecule has 1 aromatic heterocycles. The topological polar surface area (TPSA) is 311 Å². The summed E-state index contributed by atoms with van der Waals surface area (Å²) >= 11 is 0. The van der Waals surface area contributed by atoms with E-state index in [0.29, 0.717) is 77.2 Å². The number of hydrogen-bond donors (Lipinski definition) is 9. The van der Waals surface area contributed by atoms with Gasteiger partial charge in [-0.05, 0) is 85.6 Å². The van der Waals surface area contributed by atoms with Gasteiger partial charge in [-0.2, -0.15) is 0 Å². The predicted molar refractivity (Wildman–Crippen MR) is 279 cm³/mol. The van der Waals surface area contributed by atoms with Crippen LogP contribution in [0.1, 0.15) is 126 Å². The molecule has 1 aliphatic rings. The summed E-state index contributed by atoms with van der Waals surface area (Å²) in [4.78, 5) is 113. The van der Waals surface area contributed by atoms with Gasteiger partial charge in [0.15, 0.2) is 0 Å². The number of nitrogens with two attached hydrogens (primary N) is 2. The molecule has 21 heteroatoms.